The number of hydrogen-bond donors (Lipinski definition) is 3. The number of nitrogens with one attached hydrogen (secondary N) is 3. The summed E-state index contributed by atoms with van der Waals surface area (Å²) in [5, 5.41) is 7.01. The molecule has 2 aromatic heterocycles. The van der Waals surface area contributed by atoms with E-state index in [1.807, 2.05) is 58.2 Å². The number of aromatic nitrogens is 3. The van der Waals surface area contributed by atoms with E-state index in [4.69, 9.17) is 4.74 Å². The van der Waals surface area contributed by atoms with Gasteiger partial charge in [0.2, 0.25) is 17.8 Å². The molecule has 3 N–H and O–H groups in total. The molecule has 0 fully saturated rings. The number of guanidine groups is 1. The molecule has 0 aliphatic carbocycles. The number of aliphatic imine (C=N–C) groups is 1. The first-order chi connectivity index (χ1) is 14.4. The van der Waals surface area contributed by atoms with Gasteiger partial charge in [-0.1, -0.05) is 13.8 Å². The predicted molar refractivity (Wildman–Crippen MR) is 119 cm³/mol. The number of nitrogens with zero attached hydrogens (tertiary/aromatic N) is 3. The van der Waals surface area contributed by atoms with E-state index < -0.39 is 0 Å². The smallest absolute Gasteiger partial charge is 0.229 e. The molecule has 8 heteroatoms. The molecule has 0 aliphatic rings. The van der Waals surface area contributed by atoms with Crippen molar-refractivity contribution in [3.8, 4) is 5.75 Å². The van der Waals surface area contributed by atoms with Crippen molar-refractivity contribution in [1.82, 2.24) is 20.3 Å². The lowest BCUT2D eigenvalue weighted by atomic mass is 10.1. The number of hydrogen-bond acceptors (Lipinski definition) is 5. The van der Waals surface area contributed by atoms with Gasteiger partial charge in [-0.05, 0) is 44.0 Å². The molecular weight excluding hydrogens is 380 g/mol. The van der Waals surface area contributed by atoms with E-state index in [2.05, 4.69) is 30.6 Å². The highest BCUT2D eigenvalue weighted by atomic mass is 16.5. The van der Waals surface area contributed by atoms with E-state index in [-0.39, 0.29) is 11.8 Å². The van der Waals surface area contributed by atoms with Crippen LogP contribution >= 0.6 is 0 Å². The van der Waals surface area contributed by atoms with Crippen molar-refractivity contribution in [2.24, 2.45) is 10.9 Å². The third-order valence-corrected chi connectivity index (χ3v) is 4.60. The Bertz CT molecular complexity index is 1050. The first kappa shape index (κ1) is 21.3. The summed E-state index contributed by atoms with van der Waals surface area (Å²) in [4.78, 5) is 28.8. The summed E-state index contributed by atoms with van der Waals surface area (Å²) < 4.78 is 5.27. The minimum atomic E-state index is -0.166. The second-order valence-corrected chi connectivity index (χ2v) is 7.45. The number of fused-ring (bicyclic) bond motifs is 1. The van der Waals surface area contributed by atoms with Crippen LogP contribution in [0.1, 0.15) is 30.8 Å². The summed E-state index contributed by atoms with van der Waals surface area (Å²) in [5.74, 6) is 1.28. The zero-order valence-electron chi connectivity index (χ0n) is 18.0. The van der Waals surface area contributed by atoms with Crippen LogP contribution in [0.3, 0.4) is 0 Å². The molecular formula is C22H28N6O2. The van der Waals surface area contributed by atoms with Crippen molar-refractivity contribution in [3.05, 3.63) is 47.4 Å². The van der Waals surface area contributed by atoms with Crippen LogP contribution in [0.25, 0.3) is 10.9 Å². The molecule has 3 rings (SSSR count). The molecule has 0 radical (unpaired) electrons. The number of aryl methyl sites for hydroxylation is 2. The van der Waals surface area contributed by atoms with Gasteiger partial charge in [-0.2, -0.15) is 0 Å². The minimum absolute atomic E-state index is 0.121. The van der Waals surface area contributed by atoms with Gasteiger partial charge in [0.05, 0.1) is 7.11 Å². The second kappa shape index (κ2) is 9.39. The number of aromatic amines is 1. The van der Waals surface area contributed by atoms with Gasteiger partial charge in [-0.15, -0.1) is 0 Å². The lowest BCUT2D eigenvalue weighted by Gasteiger charge is -2.13. The Morgan fingerprint density at radius 2 is 1.93 bits per heavy atom. The molecule has 3 aromatic rings. The molecule has 2 heterocycles. The van der Waals surface area contributed by atoms with Gasteiger partial charge >= 0.3 is 0 Å². The summed E-state index contributed by atoms with van der Waals surface area (Å²) in [5.41, 5.74) is 3.85. The van der Waals surface area contributed by atoms with Crippen LogP contribution in [0.15, 0.2) is 35.5 Å². The van der Waals surface area contributed by atoms with Gasteiger partial charge in [0.25, 0.3) is 0 Å². The molecule has 0 saturated heterocycles. The van der Waals surface area contributed by atoms with Crippen molar-refractivity contribution >= 4 is 28.7 Å². The van der Waals surface area contributed by atoms with Gasteiger partial charge in [-0.25, -0.2) is 9.97 Å². The summed E-state index contributed by atoms with van der Waals surface area (Å²) >= 11 is 0. The van der Waals surface area contributed by atoms with E-state index in [1.165, 1.54) is 0 Å². The van der Waals surface area contributed by atoms with E-state index in [1.54, 1.807) is 7.11 Å². The van der Waals surface area contributed by atoms with Crippen LogP contribution < -0.4 is 15.4 Å². The average molecular weight is 409 g/mol. The summed E-state index contributed by atoms with van der Waals surface area (Å²) in [6.45, 7) is 7.95. The summed E-state index contributed by atoms with van der Waals surface area (Å²) in [6, 6.07) is 7.83. The Hall–Kier alpha value is -3.42. The van der Waals surface area contributed by atoms with E-state index in [0.717, 1.165) is 33.6 Å². The standard InChI is InChI=1S/C22H28N6O2/c1-13(2)20(29)27-21(28-22-25-14(3)10-15(4)26-22)23-9-8-16-12-24-19-11-17(30-5)6-7-18(16)19/h6-7,10-13,24H,8-9H2,1-5H3,(H2,23,25,26,27,28,29). The number of methoxy groups -OCH3 is 1. The van der Waals surface area contributed by atoms with Gasteiger partial charge in [-0.3, -0.25) is 20.4 Å². The molecule has 30 heavy (non-hydrogen) atoms. The highest BCUT2D eigenvalue weighted by Gasteiger charge is 2.12. The molecule has 1 aromatic carbocycles. The number of ether oxygens (including phenoxy) is 1. The Balaban J connectivity index is 1.76. The van der Waals surface area contributed by atoms with Gasteiger partial charge < -0.3 is 9.72 Å². The maximum atomic E-state index is 12.2. The molecule has 0 saturated carbocycles. The number of H-pyrrole nitrogens is 1. The van der Waals surface area contributed by atoms with E-state index in [0.29, 0.717) is 24.9 Å². The molecule has 0 bridgehead atoms. The van der Waals surface area contributed by atoms with Gasteiger partial charge in [0.1, 0.15) is 5.75 Å². The largest absolute Gasteiger partial charge is 0.497 e. The number of anilines is 1. The topological polar surface area (TPSA) is 104 Å². The third-order valence-electron chi connectivity index (χ3n) is 4.60. The number of amides is 1. The molecule has 0 aliphatic heterocycles. The van der Waals surface area contributed by atoms with Crippen LogP contribution in [0.2, 0.25) is 0 Å². The number of carbonyl (C=O) groups excluding carboxylic acids is 1. The highest BCUT2D eigenvalue weighted by Crippen LogP contribution is 2.23. The fraction of sp³-hybridized carbons (Fsp3) is 0.364. The zero-order valence-corrected chi connectivity index (χ0v) is 18.0. The quantitative estimate of drug-likeness (QED) is 0.428. The second-order valence-electron chi connectivity index (χ2n) is 7.45. The van der Waals surface area contributed by atoms with E-state index >= 15 is 0 Å². The molecule has 0 spiro atoms. The van der Waals surface area contributed by atoms with Crippen LogP contribution in [0.4, 0.5) is 5.95 Å². The van der Waals surface area contributed by atoms with Crippen molar-refractivity contribution in [2.45, 2.75) is 34.1 Å². The Morgan fingerprint density at radius 1 is 1.20 bits per heavy atom. The lowest BCUT2D eigenvalue weighted by molar-refractivity contribution is -0.122. The van der Waals surface area contributed by atoms with Crippen molar-refractivity contribution in [2.75, 3.05) is 19.0 Å². The molecule has 8 nitrogen and oxygen atoms in total. The van der Waals surface area contributed by atoms with Crippen LogP contribution in [-0.2, 0) is 11.2 Å². The maximum Gasteiger partial charge on any atom is 0.229 e. The Kier molecular flexibility index (Phi) is 6.66. The molecule has 158 valence electrons. The monoisotopic (exact) mass is 408 g/mol. The van der Waals surface area contributed by atoms with Crippen molar-refractivity contribution in [3.63, 3.8) is 0 Å². The van der Waals surface area contributed by atoms with Crippen LogP contribution in [0.5, 0.6) is 5.75 Å². The first-order valence-electron chi connectivity index (χ1n) is 9.94. The molecule has 0 atom stereocenters. The first-order valence-corrected chi connectivity index (χ1v) is 9.94. The third kappa shape index (κ3) is 5.34. The molecule has 1 amide bonds. The predicted octanol–water partition coefficient (Wildman–Crippen LogP) is 3.37. The number of carbonyl (C=O) groups is 1. The van der Waals surface area contributed by atoms with E-state index in [9.17, 15) is 4.79 Å². The molecule has 0 unspecified atom stereocenters. The fourth-order valence-corrected chi connectivity index (χ4v) is 3.05. The van der Waals surface area contributed by atoms with Gasteiger partial charge in [0.15, 0.2) is 0 Å². The highest BCUT2D eigenvalue weighted by molar-refractivity contribution is 6.03. The van der Waals surface area contributed by atoms with Crippen LogP contribution in [0, 0.1) is 19.8 Å². The lowest BCUT2D eigenvalue weighted by Crippen LogP contribution is -2.39. The van der Waals surface area contributed by atoms with Gasteiger partial charge in [0, 0.05) is 47.0 Å². The number of benzene rings is 1. The number of rotatable bonds is 6. The maximum absolute atomic E-state index is 12.2. The Labute approximate surface area is 176 Å². The van der Waals surface area contributed by atoms with Crippen LogP contribution in [-0.4, -0.2) is 40.5 Å². The normalized spacial score (nSPS) is 11.7. The minimum Gasteiger partial charge on any atom is -0.497 e. The Morgan fingerprint density at radius 3 is 2.60 bits per heavy atom. The van der Waals surface area contributed by atoms with Crippen molar-refractivity contribution < 1.29 is 9.53 Å². The zero-order chi connectivity index (χ0) is 21.7. The average Bonchev–Trinajstić information content (AvgIpc) is 3.09. The van der Waals surface area contributed by atoms with Crippen molar-refractivity contribution in [1.29, 1.82) is 0 Å². The summed E-state index contributed by atoms with van der Waals surface area (Å²) in [7, 11) is 1.65. The SMILES string of the molecule is COc1ccc2c(CCN=C(NC(=O)C(C)C)Nc3nc(C)cc(C)n3)c[nH]c2c1. The summed E-state index contributed by atoms with van der Waals surface area (Å²) in [6.07, 6.45) is 2.69. The fourth-order valence-electron chi connectivity index (χ4n) is 3.05.